The Labute approximate surface area is 124 Å². The van der Waals surface area contributed by atoms with Crippen LogP contribution in [0.4, 0.5) is 11.8 Å². The molecule has 0 saturated heterocycles. The van der Waals surface area contributed by atoms with Crippen molar-refractivity contribution in [1.29, 1.82) is 0 Å². The van der Waals surface area contributed by atoms with Crippen molar-refractivity contribution in [2.75, 3.05) is 23.8 Å². The molecule has 0 aromatic carbocycles. The summed E-state index contributed by atoms with van der Waals surface area (Å²) >= 11 is 1.69. The average Bonchev–Trinajstić information content (AvgIpc) is 2.95. The predicted octanol–water partition coefficient (Wildman–Crippen LogP) is 3.89. The first-order chi connectivity index (χ1) is 9.79. The zero-order chi connectivity index (χ0) is 13.9. The van der Waals surface area contributed by atoms with Gasteiger partial charge < -0.3 is 10.2 Å². The van der Waals surface area contributed by atoms with Crippen molar-refractivity contribution in [3.63, 3.8) is 0 Å². The summed E-state index contributed by atoms with van der Waals surface area (Å²) in [4.78, 5) is 12.8. The third-order valence-electron chi connectivity index (χ3n) is 4.10. The number of hydrogen-bond donors (Lipinski definition) is 1. The molecule has 1 aliphatic carbocycles. The van der Waals surface area contributed by atoms with Gasteiger partial charge in [0, 0.05) is 19.6 Å². The van der Waals surface area contributed by atoms with E-state index >= 15 is 0 Å². The lowest BCUT2D eigenvalue weighted by atomic mass is 9.94. The third-order valence-corrected chi connectivity index (χ3v) is 4.90. The summed E-state index contributed by atoms with van der Waals surface area (Å²) in [5.74, 6) is 1.83. The molecule has 1 N–H and O–H groups in total. The van der Waals surface area contributed by atoms with E-state index in [-0.39, 0.29) is 0 Å². The van der Waals surface area contributed by atoms with E-state index in [1.165, 1.54) is 37.5 Å². The lowest BCUT2D eigenvalue weighted by molar-refractivity contribution is 0.426. The highest BCUT2D eigenvalue weighted by Gasteiger charge is 2.21. The van der Waals surface area contributed by atoms with Crippen LogP contribution in [0.25, 0.3) is 10.2 Å². The van der Waals surface area contributed by atoms with Crippen LogP contribution in [0, 0.1) is 0 Å². The molecule has 0 unspecified atom stereocenters. The van der Waals surface area contributed by atoms with Crippen LogP contribution in [0.1, 0.15) is 39.0 Å². The van der Waals surface area contributed by atoms with E-state index in [2.05, 4.69) is 40.6 Å². The molecule has 3 rings (SSSR count). The highest BCUT2D eigenvalue weighted by molar-refractivity contribution is 7.16. The molecule has 2 heterocycles. The Hall–Kier alpha value is -1.36. The van der Waals surface area contributed by atoms with Gasteiger partial charge in [-0.25, -0.2) is 4.98 Å². The van der Waals surface area contributed by atoms with E-state index < -0.39 is 0 Å². The van der Waals surface area contributed by atoms with E-state index in [1.54, 1.807) is 11.3 Å². The van der Waals surface area contributed by atoms with Gasteiger partial charge in [0.05, 0.1) is 5.39 Å². The van der Waals surface area contributed by atoms with Gasteiger partial charge in [-0.15, -0.1) is 11.3 Å². The topological polar surface area (TPSA) is 41.1 Å². The first kappa shape index (κ1) is 13.6. The van der Waals surface area contributed by atoms with E-state index in [9.17, 15) is 0 Å². The average molecular weight is 290 g/mol. The first-order valence-electron chi connectivity index (χ1n) is 7.51. The Balaban J connectivity index is 1.97. The van der Waals surface area contributed by atoms with Crippen LogP contribution in [0.15, 0.2) is 11.4 Å². The molecule has 108 valence electrons. The fraction of sp³-hybridized carbons (Fsp3) is 0.600. The number of nitrogens with zero attached hydrogens (tertiary/aromatic N) is 3. The second-order valence-corrected chi connectivity index (χ2v) is 6.34. The van der Waals surface area contributed by atoms with Crippen molar-refractivity contribution in [2.45, 2.75) is 45.1 Å². The van der Waals surface area contributed by atoms with Crippen LogP contribution in [-0.4, -0.2) is 29.6 Å². The van der Waals surface area contributed by atoms with Gasteiger partial charge in [0.1, 0.15) is 10.6 Å². The zero-order valence-electron chi connectivity index (χ0n) is 12.2. The summed E-state index contributed by atoms with van der Waals surface area (Å²) in [6.45, 7) is 2.93. The largest absolute Gasteiger partial charge is 0.356 e. The highest BCUT2D eigenvalue weighted by atomic mass is 32.1. The van der Waals surface area contributed by atoms with Crippen molar-refractivity contribution in [1.82, 2.24) is 9.97 Å². The van der Waals surface area contributed by atoms with Gasteiger partial charge in [0.15, 0.2) is 0 Å². The number of anilines is 2. The van der Waals surface area contributed by atoms with Crippen molar-refractivity contribution in [3.8, 4) is 0 Å². The van der Waals surface area contributed by atoms with E-state index in [0.29, 0.717) is 6.04 Å². The molecule has 0 atom stereocenters. The SMILES string of the molecule is CCNc1nc(N(C)C2CCCCC2)c2ccsc2n1. The minimum atomic E-state index is 0.622. The molecule has 0 spiro atoms. The zero-order valence-corrected chi connectivity index (χ0v) is 13.0. The highest BCUT2D eigenvalue weighted by Crippen LogP contribution is 2.32. The Morgan fingerprint density at radius 1 is 1.30 bits per heavy atom. The Morgan fingerprint density at radius 2 is 2.10 bits per heavy atom. The first-order valence-corrected chi connectivity index (χ1v) is 8.39. The van der Waals surface area contributed by atoms with Crippen LogP contribution >= 0.6 is 11.3 Å². The molecule has 0 aliphatic heterocycles. The minimum absolute atomic E-state index is 0.622. The summed E-state index contributed by atoms with van der Waals surface area (Å²) in [5, 5.41) is 6.53. The molecular weight excluding hydrogens is 268 g/mol. The van der Waals surface area contributed by atoms with Crippen molar-refractivity contribution in [3.05, 3.63) is 11.4 Å². The molecule has 0 radical (unpaired) electrons. The fourth-order valence-corrected chi connectivity index (χ4v) is 3.75. The maximum absolute atomic E-state index is 4.75. The lowest BCUT2D eigenvalue weighted by Gasteiger charge is -2.32. The number of rotatable bonds is 4. The summed E-state index contributed by atoms with van der Waals surface area (Å²) in [5.41, 5.74) is 0. The molecular formula is C15H22N4S. The quantitative estimate of drug-likeness (QED) is 0.927. The molecule has 1 saturated carbocycles. The van der Waals surface area contributed by atoms with Crippen molar-refractivity contribution in [2.24, 2.45) is 0 Å². The second kappa shape index (κ2) is 5.95. The normalized spacial score (nSPS) is 16.5. The van der Waals surface area contributed by atoms with Gasteiger partial charge in [-0.1, -0.05) is 19.3 Å². The molecule has 2 aromatic heterocycles. The summed E-state index contributed by atoms with van der Waals surface area (Å²) in [6, 6.07) is 2.76. The van der Waals surface area contributed by atoms with Crippen LogP contribution < -0.4 is 10.2 Å². The number of nitrogens with one attached hydrogen (secondary N) is 1. The molecule has 4 nitrogen and oxygen atoms in total. The smallest absolute Gasteiger partial charge is 0.226 e. The number of aromatic nitrogens is 2. The van der Waals surface area contributed by atoms with Gasteiger partial charge in [-0.05, 0) is 31.2 Å². The molecule has 1 aliphatic rings. The van der Waals surface area contributed by atoms with Crippen LogP contribution in [-0.2, 0) is 0 Å². The molecule has 0 bridgehead atoms. The summed E-state index contributed by atoms with van der Waals surface area (Å²) in [6.07, 6.45) is 6.62. The Bertz CT molecular complexity index is 574. The summed E-state index contributed by atoms with van der Waals surface area (Å²) in [7, 11) is 2.19. The summed E-state index contributed by atoms with van der Waals surface area (Å²) < 4.78 is 0. The van der Waals surface area contributed by atoms with Crippen molar-refractivity contribution < 1.29 is 0 Å². The van der Waals surface area contributed by atoms with E-state index in [0.717, 1.165) is 23.1 Å². The number of fused-ring (bicyclic) bond motifs is 1. The van der Waals surface area contributed by atoms with Gasteiger partial charge in [-0.2, -0.15) is 4.98 Å². The molecule has 0 amide bonds. The molecule has 2 aromatic rings. The predicted molar refractivity (Wildman–Crippen MR) is 86.9 cm³/mol. The Morgan fingerprint density at radius 3 is 2.85 bits per heavy atom. The monoisotopic (exact) mass is 290 g/mol. The minimum Gasteiger partial charge on any atom is -0.356 e. The van der Waals surface area contributed by atoms with Gasteiger partial charge in [-0.3, -0.25) is 0 Å². The van der Waals surface area contributed by atoms with Gasteiger partial charge >= 0.3 is 0 Å². The number of thiophene rings is 1. The van der Waals surface area contributed by atoms with Crippen LogP contribution in [0.3, 0.4) is 0 Å². The van der Waals surface area contributed by atoms with Crippen molar-refractivity contribution >= 4 is 33.3 Å². The maximum atomic E-state index is 4.75. The molecule has 5 heteroatoms. The van der Waals surface area contributed by atoms with E-state index in [1.807, 2.05) is 0 Å². The van der Waals surface area contributed by atoms with Gasteiger partial charge in [0.25, 0.3) is 0 Å². The Kier molecular flexibility index (Phi) is 4.05. The fourth-order valence-electron chi connectivity index (χ4n) is 2.99. The molecule has 20 heavy (non-hydrogen) atoms. The second-order valence-electron chi connectivity index (χ2n) is 5.44. The third kappa shape index (κ3) is 2.59. The van der Waals surface area contributed by atoms with E-state index in [4.69, 9.17) is 4.98 Å². The van der Waals surface area contributed by atoms with Crippen LogP contribution in [0.5, 0.6) is 0 Å². The molecule has 1 fully saturated rings. The lowest BCUT2D eigenvalue weighted by Crippen LogP contribution is -2.34. The van der Waals surface area contributed by atoms with Crippen LogP contribution in [0.2, 0.25) is 0 Å². The van der Waals surface area contributed by atoms with Gasteiger partial charge in [0.2, 0.25) is 5.95 Å². The number of hydrogen-bond acceptors (Lipinski definition) is 5. The standard InChI is InChI=1S/C15H22N4S/c1-3-16-15-17-13(12-9-10-20-14(12)18-15)19(2)11-7-5-4-6-8-11/h9-11H,3-8H2,1-2H3,(H,16,17,18). The maximum Gasteiger partial charge on any atom is 0.226 e.